The summed E-state index contributed by atoms with van der Waals surface area (Å²) in [7, 11) is -3.54. The number of piperidine rings is 1. The molecule has 0 amide bonds. The summed E-state index contributed by atoms with van der Waals surface area (Å²) in [6.45, 7) is 0.758. The van der Waals surface area contributed by atoms with Gasteiger partial charge in [0.15, 0.2) is 0 Å². The summed E-state index contributed by atoms with van der Waals surface area (Å²) in [6.07, 6.45) is 1.24. The van der Waals surface area contributed by atoms with Gasteiger partial charge in [0, 0.05) is 30.8 Å². The van der Waals surface area contributed by atoms with Gasteiger partial charge in [-0.2, -0.15) is 0 Å². The molecule has 0 saturated carbocycles. The number of benzene rings is 1. The van der Waals surface area contributed by atoms with E-state index in [9.17, 15) is 18.5 Å². The van der Waals surface area contributed by atoms with Crippen molar-refractivity contribution in [2.24, 2.45) is 5.73 Å². The third-order valence-electron chi connectivity index (χ3n) is 3.42. The maximum Gasteiger partial charge on any atom is 0.273 e. The molecule has 0 spiro atoms. The molecule has 1 aromatic rings. The van der Waals surface area contributed by atoms with Gasteiger partial charge in [0.05, 0.1) is 10.7 Å². The van der Waals surface area contributed by atoms with Gasteiger partial charge in [-0.1, -0.05) is 18.2 Å². The molecule has 0 radical (unpaired) electrons. The molecule has 1 aromatic carbocycles. The minimum absolute atomic E-state index is 0.0347. The number of rotatable bonds is 4. The van der Waals surface area contributed by atoms with Crippen molar-refractivity contribution in [3.63, 3.8) is 0 Å². The first-order valence-corrected chi connectivity index (χ1v) is 7.97. The quantitative estimate of drug-likeness (QED) is 0.655. The van der Waals surface area contributed by atoms with Crippen LogP contribution in [0.2, 0.25) is 0 Å². The molecule has 0 aliphatic carbocycles. The van der Waals surface area contributed by atoms with Crippen molar-refractivity contribution in [3.8, 4) is 0 Å². The largest absolute Gasteiger partial charge is 0.328 e. The van der Waals surface area contributed by atoms with Crippen LogP contribution >= 0.6 is 0 Å². The highest BCUT2D eigenvalue weighted by Gasteiger charge is 2.28. The molecule has 0 aromatic heterocycles. The lowest BCUT2D eigenvalue weighted by Gasteiger charge is -2.29. The van der Waals surface area contributed by atoms with Crippen LogP contribution in [0.25, 0.3) is 0 Å². The van der Waals surface area contributed by atoms with Crippen LogP contribution in [0.3, 0.4) is 0 Å². The van der Waals surface area contributed by atoms with Crippen molar-refractivity contribution in [2.45, 2.75) is 24.6 Å². The first-order valence-electron chi connectivity index (χ1n) is 6.36. The molecular weight excluding hydrogens is 282 g/mol. The second kappa shape index (κ2) is 5.86. The Bertz CT molecular complexity index is 594. The summed E-state index contributed by atoms with van der Waals surface area (Å²) in [4.78, 5) is 10.3. The molecule has 110 valence electrons. The van der Waals surface area contributed by atoms with E-state index in [1.165, 1.54) is 22.5 Å². The van der Waals surface area contributed by atoms with Crippen LogP contribution in [0.1, 0.15) is 18.4 Å². The highest BCUT2D eigenvalue weighted by Crippen LogP contribution is 2.23. The molecule has 0 unspecified atom stereocenters. The van der Waals surface area contributed by atoms with Crippen LogP contribution in [-0.4, -0.2) is 36.8 Å². The second-order valence-electron chi connectivity index (χ2n) is 4.88. The van der Waals surface area contributed by atoms with Gasteiger partial charge in [-0.15, -0.1) is 0 Å². The Morgan fingerprint density at radius 1 is 1.30 bits per heavy atom. The Morgan fingerprint density at radius 3 is 2.50 bits per heavy atom. The van der Waals surface area contributed by atoms with Crippen LogP contribution in [0.15, 0.2) is 24.3 Å². The van der Waals surface area contributed by atoms with Gasteiger partial charge < -0.3 is 5.73 Å². The number of para-hydroxylation sites is 1. The number of nitro benzene ring substituents is 1. The maximum atomic E-state index is 12.3. The van der Waals surface area contributed by atoms with Gasteiger partial charge in [-0.3, -0.25) is 10.1 Å². The molecule has 2 N–H and O–H groups in total. The molecule has 1 heterocycles. The van der Waals surface area contributed by atoms with E-state index in [0.29, 0.717) is 25.9 Å². The zero-order chi connectivity index (χ0) is 14.8. The minimum Gasteiger partial charge on any atom is -0.328 e. The second-order valence-corrected chi connectivity index (χ2v) is 6.85. The summed E-state index contributed by atoms with van der Waals surface area (Å²) >= 11 is 0. The van der Waals surface area contributed by atoms with Crippen LogP contribution in [0, 0.1) is 10.1 Å². The summed E-state index contributed by atoms with van der Waals surface area (Å²) in [5.74, 6) is -0.348. The van der Waals surface area contributed by atoms with E-state index in [-0.39, 0.29) is 23.0 Å². The molecule has 2 rings (SSSR count). The van der Waals surface area contributed by atoms with Gasteiger partial charge in [0.1, 0.15) is 0 Å². The first-order chi connectivity index (χ1) is 9.40. The van der Waals surface area contributed by atoms with Gasteiger partial charge in [0.2, 0.25) is 10.0 Å². The van der Waals surface area contributed by atoms with Gasteiger partial charge in [-0.25, -0.2) is 12.7 Å². The number of hydrogen-bond donors (Lipinski definition) is 1. The molecular formula is C12H17N3O4S. The molecule has 0 bridgehead atoms. The molecule has 1 fully saturated rings. The number of sulfonamides is 1. The standard InChI is InChI=1S/C12H17N3O4S/c13-11-5-7-14(8-6-11)20(18,19)9-10-3-1-2-4-12(10)15(16)17/h1-4,11H,5-9,13H2. The van der Waals surface area contributed by atoms with E-state index in [2.05, 4.69) is 0 Å². The first kappa shape index (κ1) is 14.9. The SMILES string of the molecule is NC1CCN(S(=O)(=O)Cc2ccccc2[N+](=O)[O-])CC1. The monoisotopic (exact) mass is 299 g/mol. The molecule has 7 nitrogen and oxygen atoms in total. The van der Waals surface area contributed by atoms with E-state index in [4.69, 9.17) is 5.73 Å². The van der Waals surface area contributed by atoms with E-state index in [0.717, 1.165) is 0 Å². The number of hydrogen-bond acceptors (Lipinski definition) is 5. The summed E-state index contributed by atoms with van der Waals surface area (Å²) < 4.78 is 26.0. The van der Waals surface area contributed by atoms with Crippen molar-refractivity contribution in [1.29, 1.82) is 0 Å². The summed E-state index contributed by atoms with van der Waals surface area (Å²) in [5, 5.41) is 10.9. The van der Waals surface area contributed by atoms with Gasteiger partial charge in [-0.05, 0) is 12.8 Å². The fourth-order valence-corrected chi connectivity index (χ4v) is 3.84. The Kier molecular flexibility index (Phi) is 4.36. The lowest BCUT2D eigenvalue weighted by Crippen LogP contribution is -2.43. The summed E-state index contributed by atoms with van der Waals surface area (Å²) in [5.41, 5.74) is 5.80. The predicted molar refractivity (Wildman–Crippen MR) is 74.5 cm³/mol. The average molecular weight is 299 g/mol. The lowest BCUT2D eigenvalue weighted by atomic mass is 10.1. The highest BCUT2D eigenvalue weighted by atomic mass is 32.2. The zero-order valence-electron chi connectivity index (χ0n) is 10.9. The van der Waals surface area contributed by atoms with Crippen LogP contribution in [0.5, 0.6) is 0 Å². The minimum atomic E-state index is -3.54. The number of nitrogens with two attached hydrogens (primary N) is 1. The smallest absolute Gasteiger partial charge is 0.273 e. The third-order valence-corrected chi connectivity index (χ3v) is 5.25. The Morgan fingerprint density at radius 2 is 1.90 bits per heavy atom. The van der Waals surface area contributed by atoms with Crippen LogP contribution < -0.4 is 5.73 Å². The van der Waals surface area contributed by atoms with Crippen molar-refractivity contribution in [1.82, 2.24) is 4.31 Å². The van der Waals surface area contributed by atoms with Crippen molar-refractivity contribution in [2.75, 3.05) is 13.1 Å². The zero-order valence-corrected chi connectivity index (χ0v) is 11.8. The highest BCUT2D eigenvalue weighted by molar-refractivity contribution is 7.88. The van der Waals surface area contributed by atoms with Crippen LogP contribution in [-0.2, 0) is 15.8 Å². The molecule has 20 heavy (non-hydrogen) atoms. The van der Waals surface area contributed by atoms with E-state index in [1.54, 1.807) is 6.07 Å². The normalized spacial score (nSPS) is 18.1. The van der Waals surface area contributed by atoms with E-state index < -0.39 is 14.9 Å². The van der Waals surface area contributed by atoms with Gasteiger partial charge in [0.25, 0.3) is 5.69 Å². The maximum absolute atomic E-state index is 12.3. The molecule has 8 heteroatoms. The Labute approximate surface area is 117 Å². The summed E-state index contributed by atoms with van der Waals surface area (Å²) in [6, 6.07) is 5.95. The Hall–Kier alpha value is -1.51. The fraction of sp³-hybridized carbons (Fsp3) is 0.500. The number of nitro groups is 1. The van der Waals surface area contributed by atoms with Gasteiger partial charge >= 0.3 is 0 Å². The fourth-order valence-electron chi connectivity index (χ4n) is 2.25. The predicted octanol–water partition coefficient (Wildman–Crippen LogP) is 0.848. The van der Waals surface area contributed by atoms with E-state index in [1.807, 2.05) is 0 Å². The van der Waals surface area contributed by atoms with Crippen LogP contribution in [0.4, 0.5) is 5.69 Å². The van der Waals surface area contributed by atoms with Crippen molar-refractivity contribution in [3.05, 3.63) is 39.9 Å². The Balaban J connectivity index is 2.18. The number of nitrogens with zero attached hydrogens (tertiary/aromatic N) is 2. The molecule has 1 saturated heterocycles. The lowest BCUT2D eigenvalue weighted by molar-refractivity contribution is -0.385. The molecule has 0 atom stereocenters. The third kappa shape index (κ3) is 3.33. The molecule has 1 aliphatic rings. The van der Waals surface area contributed by atoms with Crippen molar-refractivity contribution < 1.29 is 13.3 Å². The topological polar surface area (TPSA) is 107 Å². The van der Waals surface area contributed by atoms with E-state index >= 15 is 0 Å². The average Bonchev–Trinajstić information content (AvgIpc) is 2.39. The van der Waals surface area contributed by atoms with Crippen molar-refractivity contribution >= 4 is 15.7 Å². The molecule has 1 aliphatic heterocycles.